The van der Waals surface area contributed by atoms with Crippen LogP contribution in [-0.4, -0.2) is 36.7 Å². The average molecular weight is 345 g/mol. The summed E-state index contributed by atoms with van der Waals surface area (Å²) in [5.41, 5.74) is -0.241. The van der Waals surface area contributed by atoms with Crippen LogP contribution in [0.2, 0.25) is 0 Å². The minimum atomic E-state index is -1.05. The maximum absolute atomic E-state index is 12.1. The van der Waals surface area contributed by atoms with Gasteiger partial charge >= 0.3 is 5.97 Å². The molecule has 0 radical (unpaired) electrons. The summed E-state index contributed by atoms with van der Waals surface area (Å²) in [6, 6.07) is 1.50. The summed E-state index contributed by atoms with van der Waals surface area (Å²) in [4.78, 5) is 23.7. The molecule has 1 aliphatic rings. The minimum absolute atomic E-state index is 0.0683. The van der Waals surface area contributed by atoms with Crippen molar-refractivity contribution in [3.05, 3.63) is 16.1 Å². The van der Waals surface area contributed by atoms with Crippen LogP contribution in [-0.2, 0) is 9.53 Å². The van der Waals surface area contributed by atoms with Gasteiger partial charge in [0.25, 0.3) is 5.78 Å². The lowest BCUT2D eigenvalue weighted by Gasteiger charge is -2.14. The van der Waals surface area contributed by atoms with E-state index in [9.17, 15) is 14.7 Å². The topological polar surface area (TPSA) is 82.1 Å². The van der Waals surface area contributed by atoms with Gasteiger partial charge in [-0.25, -0.2) is 4.79 Å². The number of phenolic OH excluding ortho intramolecular Hbond substituents is 1. The number of ether oxygens (including phenoxy) is 3. The van der Waals surface area contributed by atoms with Crippen molar-refractivity contribution in [2.24, 2.45) is 0 Å². The summed E-state index contributed by atoms with van der Waals surface area (Å²) in [6.07, 6.45) is 0.639. The molecule has 108 valence electrons. The van der Waals surface area contributed by atoms with Crippen LogP contribution in [0.4, 0.5) is 0 Å². The van der Waals surface area contributed by atoms with E-state index in [1.807, 2.05) is 0 Å². The van der Waals surface area contributed by atoms with Gasteiger partial charge in [0.15, 0.2) is 11.5 Å². The quantitative estimate of drug-likeness (QED) is 0.513. The fraction of sp³-hybridized carbons (Fsp3) is 0.385. The number of hydrogen-bond donors (Lipinski definition) is 1. The van der Waals surface area contributed by atoms with Crippen LogP contribution in [0.25, 0.3) is 0 Å². The van der Waals surface area contributed by atoms with Gasteiger partial charge in [0.2, 0.25) is 0 Å². The van der Waals surface area contributed by atoms with Crippen molar-refractivity contribution in [3.63, 3.8) is 0 Å². The molecule has 1 heterocycles. The van der Waals surface area contributed by atoms with Crippen molar-refractivity contribution in [2.45, 2.75) is 13.3 Å². The van der Waals surface area contributed by atoms with Gasteiger partial charge in [0.1, 0.15) is 11.3 Å². The number of hydrogen-bond acceptors (Lipinski definition) is 6. The third-order valence-corrected chi connectivity index (χ3v) is 3.26. The largest absolute Gasteiger partial charge is 0.506 e. The summed E-state index contributed by atoms with van der Waals surface area (Å²) < 4.78 is 15.8. The maximum Gasteiger partial charge on any atom is 0.379 e. The summed E-state index contributed by atoms with van der Waals surface area (Å²) in [5, 5.41) is 10.0. The Hall–Kier alpha value is -1.76. The fourth-order valence-electron chi connectivity index (χ4n) is 1.77. The lowest BCUT2D eigenvalue weighted by molar-refractivity contribution is -0.137. The molecule has 0 saturated heterocycles. The van der Waals surface area contributed by atoms with E-state index in [0.29, 0.717) is 25.4 Å². The van der Waals surface area contributed by atoms with E-state index in [1.54, 1.807) is 6.92 Å². The van der Waals surface area contributed by atoms with E-state index in [-0.39, 0.29) is 28.1 Å². The number of ketones is 1. The Morgan fingerprint density at radius 3 is 2.80 bits per heavy atom. The molecular weight excluding hydrogens is 332 g/mol. The van der Waals surface area contributed by atoms with Gasteiger partial charge in [-0.3, -0.25) is 4.79 Å². The van der Waals surface area contributed by atoms with E-state index in [1.165, 1.54) is 6.07 Å². The highest BCUT2D eigenvalue weighted by molar-refractivity contribution is 9.10. The van der Waals surface area contributed by atoms with Crippen LogP contribution < -0.4 is 9.47 Å². The summed E-state index contributed by atoms with van der Waals surface area (Å²) in [6.45, 7) is 2.42. The van der Waals surface area contributed by atoms with E-state index in [4.69, 9.17) is 9.47 Å². The Kier molecular flexibility index (Phi) is 4.49. The zero-order chi connectivity index (χ0) is 14.7. The molecule has 1 aliphatic heterocycles. The molecule has 0 atom stereocenters. The van der Waals surface area contributed by atoms with Crippen molar-refractivity contribution in [2.75, 3.05) is 19.8 Å². The number of Topliss-reactive ketones (excluding diaryl/α,β-unsaturated/α-hetero) is 1. The molecule has 6 nitrogen and oxygen atoms in total. The SMILES string of the molecule is CCOC(=O)C(=O)c1c(O)c(Br)cc2c1OCCCO2. The van der Waals surface area contributed by atoms with Crippen LogP contribution in [0.5, 0.6) is 17.2 Å². The van der Waals surface area contributed by atoms with Gasteiger partial charge in [-0.1, -0.05) is 0 Å². The highest BCUT2D eigenvalue weighted by atomic mass is 79.9. The number of carbonyl (C=O) groups is 2. The zero-order valence-corrected chi connectivity index (χ0v) is 12.4. The smallest absolute Gasteiger partial charge is 0.379 e. The normalized spacial score (nSPS) is 13.5. The molecule has 0 unspecified atom stereocenters. The summed E-state index contributed by atoms with van der Waals surface area (Å²) in [5.74, 6) is -2.00. The van der Waals surface area contributed by atoms with Gasteiger partial charge in [-0.2, -0.15) is 0 Å². The number of phenols is 1. The lowest BCUT2D eigenvalue weighted by Crippen LogP contribution is -2.19. The van der Waals surface area contributed by atoms with Crippen LogP contribution >= 0.6 is 15.9 Å². The monoisotopic (exact) mass is 344 g/mol. The van der Waals surface area contributed by atoms with Crippen molar-refractivity contribution in [3.8, 4) is 17.2 Å². The first-order valence-electron chi connectivity index (χ1n) is 6.08. The third kappa shape index (κ3) is 2.72. The molecule has 2 rings (SSSR count). The summed E-state index contributed by atoms with van der Waals surface area (Å²) >= 11 is 3.12. The molecule has 0 bridgehead atoms. The Morgan fingerprint density at radius 1 is 1.40 bits per heavy atom. The molecule has 0 aliphatic carbocycles. The predicted molar refractivity (Wildman–Crippen MR) is 72.4 cm³/mol. The number of aromatic hydroxyl groups is 1. The van der Waals surface area contributed by atoms with Gasteiger partial charge in [0.05, 0.1) is 24.3 Å². The molecule has 20 heavy (non-hydrogen) atoms. The second-order valence-corrected chi connectivity index (χ2v) is 4.86. The summed E-state index contributed by atoms with van der Waals surface area (Å²) in [7, 11) is 0. The molecule has 0 aromatic heterocycles. The molecular formula is C13H13BrO6. The number of carbonyl (C=O) groups excluding carboxylic acids is 2. The van der Waals surface area contributed by atoms with E-state index >= 15 is 0 Å². The van der Waals surface area contributed by atoms with Crippen molar-refractivity contribution < 1.29 is 28.9 Å². The highest BCUT2D eigenvalue weighted by Crippen LogP contribution is 2.43. The van der Waals surface area contributed by atoms with Crippen molar-refractivity contribution >= 4 is 27.7 Å². The standard InChI is InChI=1S/C13H13BrO6/c1-2-18-13(17)11(16)9-10(15)7(14)6-8-12(9)20-5-3-4-19-8/h6,15H,2-5H2,1H3. The lowest BCUT2D eigenvalue weighted by atomic mass is 10.1. The van der Waals surface area contributed by atoms with Crippen molar-refractivity contribution in [1.29, 1.82) is 0 Å². The molecule has 1 aromatic carbocycles. The number of rotatable bonds is 3. The molecule has 0 spiro atoms. The first-order chi connectivity index (χ1) is 9.56. The molecule has 1 aromatic rings. The zero-order valence-electron chi connectivity index (χ0n) is 10.8. The van der Waals surface area contributed by atoms with Gasteiger partial charge < -0.3 is 19.3 Å². The fourth-order valence-corrected chi connectivity index (χ4v) is 2.18. The minimum Gasteiger partial charge on any atom is -0.506 e. The maximum atomic E-state index is 12.1. The number of halogens is 1. The second-order valence-electron chi connectivity index (χ2n) is 4.01. The van der Waals surface area contributed by atoms with Gasteiger partial charge in [0, 0.05) is 12.5 Å². The second kappa shape index (κ2) is 6.13. The van der Waals surface area contributed by atoms with Gasteiger partial charge in [-0.05, 0) is 22.9 Å². The Balaban J connectivity index is 2.53. The van der Waals surface area contributed by atoms with Crippen LogP contribution in [0.1, 0.15) is 23.7 Å². The number of benzene rings is 1. The number of fused-ring (bicyclic) bond motifs is 1. The Labute approximate surface area is 123 Å². The molecule has 1 N–H and O–H groups in total. The Morgan fingerprint density at radius 2 is 2.10 bits per heavy atom. The van der Waals surface area contributed by atoms with E-state index < -0.39 is 11.8 Å². The van der Waals surface area contributed by atoms with Gasteiger partial charge in [-0.15, -0.1) is 0 Å². The van der Waals surface area contributed by atoms with Crippen LogP contribution in [0.15, 0.2) is 10.5 Å². The molecule has 0 fully saturated rings. The van der Waals surface area contributed by atoms with Crippen molar-refractivity contribution in [1.82, 2.24) is 0 Å². The third-order valence-electron chi connectivity index (χ3n) is 2.65. The average Bonchev–Trinajstić information content (AvgIpc) is 2.65. The first-order valence-corrected chi connectivity index (χ1v) is 6.88. The number of esters is 1. The highest BCUT2D eigenvalue weighted by Gasteiger charge is 2.30. The first kappa shape index (κ1) is 14.6. The Bertz CT molecular complexity index is 554. The molecule has 0 saturated carbocycles. The van der Waals surface area contributed by atoms with E-state index in [0.717, 1.165) is 0 Å². The van der Waals surface area contributed by atoms with Crippen LogP contribution in [0, 0.1) is 0 Å². The molecule has 7 heteroatoms. The van der Waals surface area contributed by atoms with Crippen LogP contribution in [0.3, 0.4) is 0 Å². The molecule has 0 amide bonds. The predicted octanol–water partition coefficient (Wildman–Crippen LogP) is 2.06. The van der Waals surface area contributed by atoms with E-state index in [2.05, 4.69) is 20.7 Å².